The summed E-state index contributed by atoms with van der Waals surface area (Å²) in [5.74, 6) is -0.368. The van der Waals surface area contributed by atoms with Crippen LogP contribution in [0.2, 0.25) is 5.02 Å². The number of benzene rings is 2. The number of rotatable bonds is 4. The summed E-state index contributed by atoms with van der Waals surface area (Å²) in [6, 6.07) is 11.7. The second-order valence-corrected chi connectivity index (χ2v) is 6.75. The van der Waals surface area contributed by atoms with E-state index in [0.29, 0.717) is 34.2 Å². The molecule has 0 unspecified atom stereocenters. The molecule has 7 heteroatoms. The van der Waals surface area contributed by atoms with Gasteiger partial charge >= 0.3 is 6.03 Å². The lowest BCUT2D eigenvalue weighted by Crippen LogP contribution is -2.20. The fraction of sp³-hybridized carbons (Fsp3) is 0.200. The molecule has 0 atom stereocenters. The van der Waals surface area contributed by atoms with Crippen molar-refractivity contribution in [3.8, 4) is 0 Å². The molecule has 5 nitrogen and oxygen atoms in total. The SMILES string of the molecule is Cc1ccc(NC(=O)Nc2c(C)nn(Cc3ccccc3Cl)c2C)cc1F. The fourth-order valence-corrected chi connectivity index (χ4v) is 2.96. The van der Waals surface area contributed by atoms with Crippen molar-refractivity contribution in [1.82, 2.24) is 9.78 Å². The molecule has 1 heterocycles. The van der Waals surface area contributed by atoms with Crippen molar-refractivity contribution >= 4 is 29.0 Å². The van der Waals surface area contributed by atoms with Gasteiger partial charge in [-0.15, -0.1) is 0 Å². The highest BCUT2D eigenvalue weighted by molar-refractivity contribution is 6.31. The molecule has 0 aliphatic heterocycles. The number of halogens is 2. The van der Waals surface area contributed by atoms with E-state index in [1.54, 1.807) is 23.7 Å². The number of aromatic nitrogens is 2. The molecule has 27 heavy (non-hydrogen) atoms. The Labute approximate surface area is 162 Å². The maximum absolute atomic E-state index is 13.6. The number of anilines is 2. The molecule has 0 aliphatic rings. The fourth-order valence-electron chi connectivity index (χ4n) is 2.77. The van der Waals surface area contributed by atoms with Crippen LogP contribution < -0.4 is 10.6 Å². The zero-order valence-electron chi connectivity index (χ0n) is 15.3. The summed E-state index contributed by atoms with van der Waals surface area (Å²) >= 11 is 6.22. The molecule has 3 rings (SSSR count). The van der Waals surface area contributed by atoms with Crippen molar-refractivity contribution in [2.45, 2.75) is 27.3 Å². The largest absolute Gasteiger partial charge is 0.323 e. The van der Waals surface area contributed by atoms with Gasteiger partial charge in [-0.05, 0) is 50.1 Å². The van der Waals surface area contributed by atoms with Crippen LogP contribution in [0.5, 0.6) is 0 Å². The standard InChI is InChI=1S/C20H20ClFN4O/c1-12-8-9-16(10-18(12)22)23-20(27)24-19-13(2)25-26(14(19)3)11-15-6-4-5-7-17(15)21/h4-10H,11H2,1-3H3,(H2,23,24,27). The van der Waals surface area contributed by atoms with Crippen LogP contribution in [-0.4, -0.2) is 15.8 Å². The molecular formula is C20H20ClFN4O. The first-order valence-electron chi connectivity index (χ1n) is 8.46. The quantitative estimate of drug-likeness (QED) is 0.639. The van der Waals surface area contributed by atoms with Crippen LogP contribution in [0.25, 0.3) is 0 Å². The van der Waals surface area contributed by atoms with E-state index in [1.807, 2.05) is 38.1 Å². The lowest BCUT2D eigenvalue weighted by molar-refractivity contribution is 0.262. The smallest absolute Gasteiger partial charge is 0.308 e. The average Bonchev–Trinajstić information content (AvgIpc) is 2.88. The molecule has 0 bridgehead atoms. The lowest BCUT2D eigenvalue weighted by Gasteiger charge is -2.10. The second-order valence-electron chi connectivity index (χ2n) is 6.34. The highest BCUT2D eigenvalue weighted by atomic mass is 35.5. The van der Waals surface area contributed by atoms with E-state index in [0.717, 1.165) is 11.3 Å². The first-order chi connectivity index (χ1) is 12.8. The molecule has 2 N–H and O–H groups in total. The zero-order chi connectivity index (χ0) is 19.6. The van der Waals surface area contributed by atoms with Crippen LogP contribution in [0, 0.1) is 26.6 Å². The van der Waals surface area contributed by atoms with E-state index in [2.05, 4.69) is 15.7 Å². The Morgan fingerprint density at radius 2 is 1.89 bits per heavy atom. The summed E-state index contributed by atoms with van der Waals surface area (Å²) in [6.45, 7) is 5.85. The minimum Gasteiger partial charge on any atom is -0.308 e. The van der Waals surface area contributed by atoms with Gasteiger partial charge in [0.05, 0.1) is 23.6 Å². The summed E-state index contributed by atoms with van der Waals surface area (Å²) in [4.78, 5) is 12.3. The maximum Gasteiger partial charge on any atom is 0.323 e. The monoisotopic (exact) mass is 386 g/mol. The molecule has 0 saturated carbocycles. The van der Waals surface area contributed by atoms with E-state index < -0.39 is 6.03 Å². The topological polar surface area (TPSA) is 59.0 Å². The van der Waals surface area contributed by atoms with E-state index in [1.165, 1.54) is 6.07 Å². The molecule has 0 saturated heterocycles. The number of nitrogens with one attached hydrogen (secondary N) is 2. The van der Waals surface area contributed by atoms with E-state index >= 15 is 0 Å². The van der Waals surface area contributed by atoms with Gasteiger partial charge in [0.15, 0.2) is 0 Å². The van der Waals surface area contributed by atoms with Gasteiger partial charge in [-0.3, -0.25) is 4.68 Å². The Morgan fingerprint density at radius 3 is 2.59 bits per heavy atom. The summed E-state index contributed by atoms with van der Waals surface area (Å²) in [6.07, 6.45) is 0. The molecular weight excluding hydrogens is 367 g/mol. The van der Waals surface area contributed by atoms with Crippen LogP contribution >= 0.6 is 11.6 Å². The normalized spacial score (nSPS) is 10.7. The van der Waals surface area contributed by atoms with E-state index in [9.17, 15) is 9.18 Å². The highest BCUT2D eigenvalue weighted by Crippen LogP contribution is 2.23. The van der Waals surface area contributed by atoms with Gasteiger partial charge in [0, 0.05) is 10.7 Å². The van der Waals surface area contributed by atoms with Crippen molar-refractivity contribution in [3.63, 3.8) is 0 Å². The molecule has 0 aliphatic carbocycles. The van der Waals surface area contributed by atoms with Gasteiger partial charge < -0.3 is 10.6 Å². The minimum atomic E-state index is -0.457. The number of amides is 2. The van der Waals surface area contributed by atoms with Crippen LogP contribution in [0.1, 0.15) is 22.5 Å². The third-order valence-corrected chi connectivity index (χ3v) is 4.70. The summed E-state index contributed by atoms with van der Waals surface area (Å²) in [5.41, 5.74) is 3.95. The first kappa shape index (κ1) is 18.9. The van der Waals surface area contributed by atoms with Gasteiger partial charge in [0.2, 0.25) is 0 Å². The average molecular weight is 387 g/mol. The second kappa shape index (κ2) is 7.80. The van der Waals surface area contributed by atoms with Crippen LogP contribution in [0.15, 0.2) is 42.5 Å². The Balaban J connectivity index is 1.75. The first-order valence-corrected chi connectivity index (χ1v) is 8.84. The Kier molecular flexibility index (Phi) is 5.46. The van der Waals surface area contributed by atoms with Gasteiger partial charge in [-0.2, -0.15) is 5.10 Å². The number of hydrogen-bond acceptors (Lipinski definition) is 2. The number of carbonyl (C=O) groups excluding carboxylic acids is 1. The molecule has 2 aromatic carbocycles. The lowest BCUT2D eigenvalue weighted by atomic mass is 10.2. The summed E-state index contributed by atoms with van der Waals surface area (Å²) in [5, 5.41) is 10.6. The Morgan fingerprint density at radius 1 is 1.15 bits per heavy atom. The van der Waals surface area contributed by atoms with Crippen molar-refractivity contribution in [2.75, 3.05) is 10.6 Å². The van der Waals surface area contributed by atoms with Crippen LogP contribution in [0.4, 0.5) is 20.6 Å². The number of aryl methyl sites for hydroxylation is 2. The van der Waals surface area contributed by atoms with E-state index in [-0.39, 0.29) is 5.82 Å². The number of nitrogens with zero attached hydrogens (tertiary/aromatic N) is 2. The molecule has 3 aromatic rings. The third-order valence-electron chi connectivity index (χ3n) is 4.33. The predicted molar refractivity (Wildman–Crippen MR) is 106 cm³/mol. The van der Waals surface area contributed by atoms with E-state index in [4.69, 9.17) is 11.6 Å². The van der Waals surface area contributed by atoms with Gasteiger partial charge in [-0.1, -0.05) is 35.9 Å². The summed E-state index contributed by atoms with van der Waals surface area (Å²) in [7, 11) is 0. The Bertz CT molecular complexity index is 1000. The van der Waals surface area contributed by atoms with Crippen molar-refractivity contribution in [1.29, 1.82) is 0 Å². The van der Waals surface area contributed by atoms with Gasteiger partial charge in [0.25, 0.3) is 0 Å². The molecule has 140 valence electrons. The minimum absolute atomic E-state index is 0.368. The van der Waals surface area contributed by atoms with Gasteiger partial charge in [-0.25, -0.2) is 9.18 Å². The molecule has 1 aromatic heterocycles. The number of hydrogen-bond donors (Lipinski definition) is 2. The van der Waals surface area contributed by atoms with Crippen LogP contribution in [0.3, 0.4) is 0 Å². The third kappa shape index (κ3) is 4.28. The molecule has 2 amide bonds. The number of urea groups is 1. The van der Waals surface area contributed by atoms with Crippen molar-refractivity contribution in [3.05, 3.63) is 75.8 Å². The summed E-state index contributed by atoms with van der Waals surface area (Å²) < 4.78 is 15.4. The van der Waals surface area contributed by atoms with Crippen LogP contribution in [-0.2, 0) is 6.54 Å². The zero-order valence-corrected chi connectivity index (χ0v) is 16.1. The number of carbonyl (C=O) groups is 1. The van der Waals surface area contributed by atoms with Gasteiger partial charge in [0.1, 0.15) is 5.82 Å². The van der Waals surface area contributed by atoms with Crippen molar-refractivity contribution in [2.24, 2.45) is 0 Å². The Hall–Kier alpha value is -2.86. The van der Waals surface area contributed by atoms with Crippen molar-refractivity contribution < 1.29 is 9.18 Å². The molecule has 0 radical (unpaired) electrons. The highest BCUT2D eigenvalue weighted by Gasteiger charge is 2.15. The maximum atomic E-state index is 13.6. The molecule has 0 fully saturated rings. The molecule has 0 spiro atoms. The predicted octanol–water partition coefficient (Wildman–Crippen LogP) is 5.29.